The molecule has 1 atom stereocenters. The van der Waals surface area contributed by atoms with Crippen molar-refractivity contribution < 1.29 is 14.5 Å². The molecule has 0 saturated carbocycles. The van der Waals surface area contributed by atoms with Crippen LogP contribution in [0.4, 0.5) is 11.4 Å². The van der Waals surface area contributed by atoms with Crippen molar-refractivity contribution in [1.29, 1.82) is 0 Å². The number of anilines is 1. The van der Waals surface area contributed by atoms with Gasteiger partial charge in [0.25, 0.3) is 5.69 Å². The predicted molar refractivity (Wildman–Crippen MR) is 70.5 cm³/mol. The highest BCUT2D eigenvalue weighted by molar-refractivity contribution is 9.10. The Hall–Kier alpha value is -1.96. The number of benzene rings is 1. The monoisotopic (exact) mass is 327 g/mol. The quantitative estimate of drug-likeness (QED) is 0.664. The number of carbonyl (C=O) groups excluding carboxylic acids is 2. The minimum atomic E-state index is -0.605. The lowest BCUT2D eigenvalue weighted by Gasteiger charge is -2.16. The number of carbonyl (C=O) groups is 2. The molecule has 0 radical (unpaired) electrons. The molecule has 1 aliphatic rings. The fourth-order valence-corrected chi connectivity index (χ4v) is 2.35. The van der Waals surface area contributed by atoms with Gasteiger partial charge in [-0.15, -0.1) is 0 Å². The van der Waals surface area contributed by atoms with Crippen LogP contribution in [-0.4, -0.2) is 23.3 Å². The molecule has 1 aliphatic heterocycles. The summed E-state index contributed by atoms with van der Waals surface area (Å²) in [5, 5.41) is 11.0. The van der Waals surface area contributed by atoms with E-state index in [-0.39, 0.29) is 30.2 Å². The van der Waals surface area contributed by atoms with E-state index in [9.17, 15) is 19.7 Å². The van der Waals surface area contributed by atoms with Crippen LogP contribution in [-0.2, 0) is 9.59 Å². The summed E-state index contributed by atoms with van der Waals surface area (Å²) in [7, 11) is 0. The zero-order valence-electron chi connectivity index (χ0n) is 9.71. The molecule has 1 heterocycles. The minimum absolute atomic E-state index is 0.0149. The number of nitro groups is 1. The van der Waals surface area contributed by atoms with Crippen LogP contribution in [0.25, 0.3) is 0 Å². The van der Waals surface area contributed by atoms with Crippen LogP contribution in [0.3, 0.4) is 0 Å². The Morgan fingerprint density at radius 2 is 2.21 bits per heavy atom. The molecule has 0 aromatic heterocycles. The summed E-state index contributed by atoms with van der Waals surface area (Å²) in [6.45, 7) is 0.0749. The first-order valence-corrected chi connectivity index (χ1v) is 6.23. The summed E-state index contributed by atoms with van der Waals surface area (Å²) >= 11 is 3.20. The number of hydrogen-bond donors (Lipinski definition) is 1. The SMILES string of the molecule is NC(=O)C1CC(=O)N(c2cc(Br)ccc2[N+](=O)[O-])C1. The third-order valence-electron chi connectivity index (χ3n) is 2.95. The molecule has 8 heteroatoms. The molecule has 1 saturated heterocycles. The molecule has 0 aliphatic carbocycles. The first-order valence-electron chi connectivity index (χ1n) is 5.43. The third kappa shape index (κ3) is 2.58. The van der Waals surface area contributed by atoms with E-state index in [2.05, 4.69) is 15.9 Å². The highest BCUT2D eigenvalue weighted by atomic mass is 79.9. The molecule has 2 amide bonds. The van der Waals surface area contributed by atoms with Gasteiger partial charge in [0.2, 0.25) is 11.8 Å². The van der Waals surface area contributed by atoms with E-state index in [1.54, 1.807) is 0 Å². The molecule has 1 unspecified atom stereocenters. The molecule has 2 rings (SSSR count). The van der Waals surface area contributed by atoms with Gasteiger partial charge in [0.1, 0.15) is 5.69 Å². The van der Waals surface area contributed by atoms with Crippen LogP contribution in [0.1, 0.15) is 6.42 Å². The number of hydrogen-bond acceptors (Lipinski definition) is 4. The summed E-state index contributed by atoms with van der Waals surface area (Å²) in [5.74, 6) is -1.52. The van der Waals surface area contributed by atoms with Gasteiger partial charge in [-0.3, -0.25) is 19.7 Å². The number of rotatable bonds is 3. The zero-order chi connectivity index (χ0) is 14.2. The van der Waals surface area contributed by atoms with Gasteiger partial charge in [0, 0.05) is 23.5 Å². The van der Waals surface area contributed by atoms with E-state index in [1.165, 1.54) is 23.1 Å². The van der Waals surface area contributed by atoms with Gasteiger partial charge in [-0.1, -0.05) is 15.9 Å². The van der Waals surface area contributed by atoms with E-state index >= 15 is 0 Å². The highest BCUT2D eigenvalue weighted by Crippen LogP contribution is 2.34. The second-order valence-corrected chi connectivity index (χ2v) is 5.11. The lowest BCUT2D eigenvalue weighted by Crippen LogP contribution is -2.28. The normalized spacial score (nSPS) is 18.7. The Morgan fingerprint density at radius 1 is 1.53 bits per heavy atom. The highest BCUT2D eigenvalue weighted by Gasteiger charge is 2.36. The van der Waals surface area contributed by atoms with E-state index in [0.29, 0.717) is 4.47 Å². The molecule has 100 valence electrons. The van der Waals surface area contributed by atoms with Gasteiger partial charge in [0.05, 0.1) is 10.8 Å². The zero-order valence-corrected chi connectivity index (χ0v) is 11.3. The van der Waals surface area contributed by atoms with Gasteiger partial charge < -0.3 is 10.6 Å². The van der Waals surface area contributed by atoms with Crippen molar-refractivity contribution in [3.63, 3.8) is 0 Å². The fraction of sp³-hybridized carbons (Fsp3) is 0.273. The molecule has 7 nitrogen and oxygen atoms in total. The summed E-state index contributed by atoms with van der Waals surface area (Å²) in [5.41, 5.74) is 5.16. The van der Waals surface area contributed by atoms with Crippen LogP contribution < -0.4 is 10.6 Å². The number of nitrogens with two attached hydrogens (primary N) is 1. The van der Waals surface area contributed by atoms with E-state index < -0.39 is 16.7 Å². The second-order valence-electron chi connectivity index (χ2n) is 4.20. The van der Waals surface area contributed by atoms with Crippen molar-refractivity contribution in [1.82, 2.24) is 0 Å². The third-order valence-corrected chi connectivity index (χ3v) is 3.45. The number of nitrogens with zero attached hydrogens (tertiary/aromatic N) is 2. The Balaban J connectivity index is 2.42. The fourth-order valence-electron chi connectivity index (χ4n) is 2.00. The summed E-state index contributed by atoms with van der Waals surface area (Å²) in [4.78, 5) is 34.6. The Bertz CT molecular complexity index is 575. The van der Waals surface area contributed by atoms with Gasteiger partial charge >= 0.3 is 0 Å². The van der Waals surface area contributed by atoms with E-state index in [1.807, 2.05) is 0 Å². The number of nitro benzene ring substituents is 1. The lowest BCUT2D eigenvalue weighted by molar-refractivity contribution is -0.384. The van der Waals surface area contributed by atoms with Crippen molar-refractivity contribution >= 4 is 39.1 Å². The Morgan fingerprint density at radius 3 is 2.74 bits per heavy atom. The molecule has 1 aromatic carbocycles. The van der Waals surface area contributed by atoms with Crippen molar-refractivity contribution in [3.8, 4) is 0 Å². The lowest BCUT2D eigenvalue weighted by atomic mass is 10.1. The molecular weight excluding hydrogens is 318 g/mol. The average molecular weight is 328 g/mol. The molecule has 2 N–H and O–H groups in total. The number of amides is 2. The van der Waals surface area contributed by atoms with Crippen LogP contribution in [0.5, 0.6) is 0 Å². The molecular formula is C11H10BrN3O4. The first kappa shape index (κ1) is 13.5. The Labute approximate surface area is 116 Å². The number of halogens is 1. The average Bonchev–Trinajstić information content (AvgIpc) is 2.71. The smallest absolute Gasteiger partial charge is 0.293 e. The standard InChI is InChI=1S/C11H10BrN3O4/c12-7-1-2-8(15(18)19)9(4-7)14-5-6(11(13)17)3-10(14)16/h1-2,4,6H,3,5H2,(H2,13,17). The topological polar surface area (TPSA) is 107 Å². The van der Waals surface area contributed by atoms with E-state index in [0.717, 1.165) is 0 Å². The van der Waals surface area contributed by atoms with Crippen molar-refractivity contribution in [2.24, 2.45) is 11.7 Å². The summed E-state index contributed by atoms with van der Waals surface area (Å²) < 4.78 is 0.614. The maximum absolute atomic E-state index is 11.9. The minimum Gasteiger partial charge on any atom is -0.369 e. The van der Waals surface area contributed by atoms with Gasteiger partial charge in [0.15, 0.2) is 0 Å². The van der Waals surface area contributed by atoms with Gasteiger partial charge in [-0.25, -0.2) is 0 Å². The van der Waals surface area contributed by atoms with Gasteiger partial charge in [-0.2, -0.15) is 0 Å². The van der Waals surface area contributed by atoms with Crippen molar-refractivity contribution in [2.45, 2.75) is 6.42 Å². The molecule has 0 bridgehead atoms. The Kier molecular flexibility index (Phi) is 3.52. The largest absolute Gasteiger partial charge is 0.369 e. The summed E-state index contributed by atoms with van der Waals surface area (Å²) in [6.07, 6.45) is -0.0149. The predicted octanol–water partition coefficient (Wildman–Crippen LogP) is 1.20. The van der Waals surface area contributed by atoms with Crippen molar-refractivity contribution in [3.05, 3.63) is 32.8 Å². The first-order chi connectivity index (χ1) is 8.90. The molecule has 19 heavy (non-hydrogen) atoms. The van der Waals surface area contributed by atoms with Crippen molar-refractivity contribution in [2.75, 3.05) is 11.4 Å². The van der Waals surface area contributed by atoms with Crippen LogP contribution in [0.15, 0.2) is 22.7 Å². The number of primary amides is 1. The van der Waals surface area contributed by atoms with E-state index in [4.69, 9.17) is 5.73 Å². The molecule has 0 spiro atoms. The summed E-state index contributed by atoms with van der Waals surface area (Å²) in [6, 6.07) is 4.32. The second kappa shape index (κ2) is 4.96. The van der Waals surface area contributed by atoms with Crippen LogP contribution in [0, 0.1) is 16.0 Å². The molecule has 1 aromatic rings. The maximum atomic E-state index is 11.9. The molecule has 1 fully saturated rings. The maximum Gasteiger partial charge on any atom is 0.293 e. The van der Waals surface area contributed by atoms with Gasteiger partial charge in [-0.05, 0) is 12.1 Å². The van der Waals surface area contributed by atoms with Crippen LogP contribution in [0.2, 0.25) is 0 Å². The van der Waals surface area contributed by atoms with Crippen LogP contribution >= 0.6 is 15.9 Å².